The number of rotatable bonds is 5. The molecular weight excluding hydrogens is 398 g/mol. The summed E-state index contributed by atoms with van der Waals surface area (Å²) in [6.45, 7) is 1.93. The van der Waals surface area contributed by atoms with Crippen LogP contribution in [0, 0.1) is 17.8 Å². The van der Waals surface area contributed by atoms with E-state index in [2.05, 4.69) is 5.32 Å². The Kier molecular flexibility index (Phi) is 7.53. The Labute approximate surface area is 174 Å². The molecule has 0 aliphatic heterocycles. The number of nitrogens with one attached hydrogen (secondary N) is 1. The molecule has 2 aliphatic rings. The van der Waals surface area contributed by atoms with Crippen LogP contribution in [-0.2, 0) is 14.8 Å². The van der Waals surface area contributed by atoms with Crippen molar-refractivity contribution in [2.45, 2.75) is 56.0 Å². The minimum absolute atomic E-state index is 0. The summed E-state index contributed by atoms with van der Waals surface area (Å²) in [6, 6.07) is 6.82. The number of sulfonamides is 1. The summed E-state index contributed by atoms with van der Waals surface area (Å²) >= 11 is 0. The van der Waals surface area contributed by atoms with Crippen LogP contribution in [0.3, 0.4) is 0 Å². The van der Waals surface area contributed by atoms with Crippen molar-refractivity contribution in [1.29, 1.82) is 0 Å². The summed E-state index contributed by atoms with van der Waals surface area (Å²) in [4.78, 5) is 13.0. The highest BCUT2D eigenvalue weighted by Crippen LogP contribution is 2.42. The molecule has 1 aromatic rings. The molecule has 1 amide bonds. The van der Waals surface area contributed by atoms with Gasteiger partial charge in [-0.1, -0.05) is 18.6 Å². The predicted molar refractivity (Wildman–Crippen MR) is 113 cm³/mol. The van der Waals surface area contributed by atoms with E-state index >= 15 is 0 Å². The molecule has 2 bridgehead atoms. The van der Waals surface area contributed by atoms with Crippen LogP contribution in [0.25, 0.3) is 0 Å². The van der Waals surface area contributed by atoms with E-state index in [0.717, 1.165) is 31.2 Å². The van der Waals surface area contributed by atoms with Crippen molar-refractivity contribution < 1.29 is 13.2 Å². The lowest BCUT2D eigenvalue weighted by Gasteiger charge is -2.43. The Hall–Kier alpha value is -1.15. The Bertz CT molecular complexity index is 768. The number of nitrogens with two attached hydrogens (primary N) is 1. The molecule has 0 aromatic heterocycles. The number of carbonyl (C=O) groups excluding carboxylic acids is 1. The molecule has 0 saturated heterocycles. The second-order valence-corrected chi connectivity index (χ2v) is 10.4. The molecule has 158 valence electrons. The SMILES string of the molecule is CC(NC(=O)C1CC2CCCC(C1)C2N)c1ccc(S(=O)(=O)N(C)C)cc1.Cl. The minimum Gasteiger partial charge on any atom is -0.349 e. The molecule has 6 nitrogen and oxygen atoms in total. The molecule has 0 heterocycles. The monoisotopic (exact) mass is 429 g/mol. The van der Waals surface area contributed by atoms with Crippen LogP contribution >= 0.6 is 12.4 Å². The summed E-state index contributed by atoms with van der Waals surface area (Å²) in [5.74, 6) is 1.07. The van der Waals surface area contributed by atoms with Crippen molar-refractivity contribution in [2.75, 3.05) is 14.1 Å². The van der Waals surface area contributed by atoms with Gasteiger partial charge in [-0.25, -0.2) is 12.7 Å². The van der Waals surface area contributed by atoms with E-state index in [1.54, 1.807) is 24.3 Å². The van der Waals surface area contributed by atoms with Gasteiger partial charge in [-0.2, -0.15) is 0 Å². The van der Waals surface area contributed by atoms with Gasteiger partial charge in [0.05, 0.1) is 10.9 Å². The number of amides is 1. The maximum absolute atomic E-state index is 12.8. The summed E-state index contributed by atoms with van der Waals surface area (Å²) in [7, 11) is -0.417. The van der Waals surface area contributed by atoms with E-state index in [-0.39, 0.29) is 41.2 Å². The van der Waals surface area contributed by atoms with Crippen LogP contribution in [0.4, 0.5) is 0 Å². The number of benzene rings is 1. The largest absolute Gasteiger partial charge is 0.349 e. The number of hydrogen-bond donors (Lipinski definition) is 2. The molecule has 3 rings (SSSR count). The summed E-state index contributed by atoms with van der Waals surface area (Å²) < 4.78 is 25.5. The van der Waals surface area contributed by atoms with Crippen LogP contribution in [0.15, 0.2) is 29.2 Å². The van der Waals surface area contributed by atoms with Crippen molar-refractivity contribution in [3.63, 3.8) is 0 Å². The molecule has 0 radical (unpaired) electrons. The first kappa shape index (κ1) is 23.1. The molecular formula is C20H32ClN3O3S. The third-order valence-corrected chi connectivity index (χ3v) is 8.13. The fourth-order valence-corrected chi connectivity index (χ4v) is 5.46. The summed E-state index contributed by atoms with van der Waals surface area (Å²) in [6.07, 6.45) is 5.28. The number of carbonyl (C=O) groups is 1. The summed E-state index contributed by atoms with van der Waals surface area (Å²) in [5.41, 5.74) is 7.22. The maximum atomic E-state index is 12.8. The Morgan fingerprint density at radius 1 is 1.14 bits per heavy atom. The fourth-order valence-electron chi connectivity index (χ4n) is 4.56. The van der Waals surface area contributed by atoms with Gasteiger partial charge in [0.15, 0.2) is 0 Å². The minimum atomic E-state index is -3.44. The van der Waals surface area contributed by atoms with E-state index in [4.69, 9.17) is 5.73 Å². The average molecular weight is 430 g/mol. The topological polar surface area (TPSA) is 92.5 Å². The number of halogens is 1. The predicted octanol–water partition coefficient (Wildman–Crippen LogP) is 2.69. The van der Waals surface area contributed by atoms with Crippen molar-refractivity contribution in [3.8, 4) is 0 Å². The van der Waals surface area contributed by atoms with Crippen molar-refractivity contribution >= 4 is 28.3 Å². The van der Waals surface area contributed by atoms with Crippen molar-refractivity contribution in [1.82, 2.24) is 9.62 Å². The highest BCUT2D eigenvalue weighted by atomic mass is 35.5. The molecule has 3 unspecified atom stereocenters. The quantitative estimate of drug-likeness (QED) is 0.752. The zero-order chi connectivity index (χ0) is 19.8. The molecule has 3 atom stereocenters. The van der Waals surface area contributed by atoms with Gasteiger partial charge in [0.2, 0.25) is 15.9 Å². The van der Waals surface area contributed by atoms with Crippen LogP contribution in [0.1, 0.15) is 50.6 Å². The summed E-state index contributed by atoms with van der Waals surface area (Å²) in [5, 5.41) is 3.11. The number of fused-ring (bicyclic) bond motifs is 2. The molecule has 2 saturated carbocycles. The second kappa shape index (κ2) is 9.11. The lowest BCUT2D eigenvalue weighted by molar-refractivity contribution is -0.128. The number of hydrogen-bond acceptors (Lipinski definition) is 4. The second-order valence-electron chi connectivity index (χ2n) is 8.28. The maximum Gasteiger partial charge on any atom is 0.242 e. The smallest absolute Gasteiger partial charge is 0.242 e. The molecule has 2 fully saturated rings. The Morgan fingerprint density at radius 2 is 1.68 bits per heavy atom. The van der Waals surface area contributed by atoms with Crippen molar-refractivity contribution in [3.05, 3.63) is 29.8 Å². The van der Waals surface area contributed by atoms with Gasteiger partial charge < -0.3 is 11.1 Å². The van der Waals surface area contributed by atoms with Crippen LogP contribution in [-0.4, -0.2) is 38.8 Å². The highest BCUT2D eigenvalue weighted by Gasteiger charge is 2.40. The van der Waals surface area contributed by atoms with Crippen LogP contribution < -0.4 is 11.1 Å². The van der Waals surface area contributed by atoms with Gasteiger partial charge in [0.1, 0.15) is 0 Å². The van der Waals surface area contributed by atoms with E-state index in [9.17, 15) is 13.2 Å². The van der Waals surface area contributed by atoms with Crippen LogP contribution in [0.2, 0.25) is 0 Å². The van der Waals surface area contributed by atoms with Gasteiger partial charge in [-0.15, -0.1) is 12.4 Å². The van der Waals surface area contributed by atoms with Gasteiger partial charge in [0, 0.05) is 26.1 Å². The van der Waals surface area contributed by atoms with Gasteiger partial charge in [0.25, 0.3) is 0 Å². The standard InChI is InChI=1S/C20H31N3O3S.ClH/c1-13(14-7-9-18(10-8-14)27(25,26)23(2)3)22-20(24)17-11-15-5-4-6-16(12-17)19(15)21;/h7-10,13,15-17,19H,4-6,11-12,21H2,1-3H3,(H,22,24);1H. The third kappa shape index (κ3) is 4.70. The molecule has 0 spiro atoms. The third-order valence-electron chi connectivity index (χ3n) is 6.30. The molecule has 8 heteroatoms. The van der Waals surface area contributed by atoms with E-state index in [0.29, 0.717) is 11.8 Å². The van der Waals surface area contributed by atoms with E-state index < -0.39 is 10.0 Å². The van der Waals surface area contributed by atoms with Gasteiger partial charge in [-0.3, -0.25) is 4.79 Å². The normalized spacial score (nSPS) is 28.3. The zero-order valence-corrected chi connectivity index (χ0v) is 18.4. The molecule has 28 heavy (non-hydrogen) atoms. The Morgan fingerprint density at radius 3 is 2.18 bits per heavy atom. The molecule has 3 N–H and O–H groups in total. The van der Waals surface area contributed by atoms with E-state index in [1.165, 1.54) is 24.8 Å². The lowest BCUT2D eigenvalue weighted by atomic mass is 9.65. The van der Waals surface area contributed by atoms with Gasteiger partial charge in [-0.05, 0) is 62.1 Å². The Balaban J connectivity index is 0.00000280. The first-order valence-corrected chi connectivity index (χ1v) is 11.2. The van der Waals surface area contributed by atoms with E-state index in [1.807, 2.05) is 6.92 Å². The molecule has 1 aromatic carbocycles. The first-order valence-electron chi connectivity index (χ1n) is 9.78. The fraction of sp³-hybridized carbons (Fsp3) is 0.650. The van der Waals surface area contributed by atoms with Gasteiger partial charge >= 0.3 is 0 Å². The lowest BCUT2D eigenvalue weighted by Crippen LogP contribution is -2.49. The van der Waals surface area contributed by atoms with Crippen molar-refractivity contribution in [2.24, 2.45) is 23.5 Å². The van der Waals surface area contributed by atoms with Crippen LogP contribution in [0.5, 0.6) is 0 Å². The zero-order valence-electron chi connectivity index (χ0n) is 16.8. The average Bonchev–Trinajstić information content (AvgIpc) is 2.61. The molecule has 2 aliphatic carbocycles. The highest BCUT2D eigenvalue weighted by molar-refractivity contribution is 7.89. The number of nitrogens with zero attached hydrogens (tertiary/aromatic N) is 1. The first-order chi connectivity index (χ1) is 12.7.